The molecule has 0 fully saturated rings. The zero-order valence-electron chi connectivity index (χ0n) is 12.8. The molecule has 0 aliphatic carbocycles. The third kappa shape index (κ3) is 5.06. The largest absolute Gasteiger partial charge is 0.481 e. The Morgan fingerprint density at radius 3 is 2.71 bits per heavy atom. The molecule has 0 aliphatic rings. The standard InChI is InChI=1S/C15H23N3O3/c1-4-12-7-6-8-16-13(12)9-17-15(21)18(5-2)10-11(3)14(19)20/h6-8,11H,4-5,9-10H2,1-3H3,(H,17,21)(H,19,20). The Bertz CT molecular complexity index is 491. The van der Waals surface area contributed by atoms with Gasteiger partial charge in [-0.15, -0.1) is 0 Å². The lowest BCUT2D eigenvalue weighted by Crippen LogP contribution is -2.43. The Kier molecular flexibility index (Phi) is 6.65. The van der Waals surface area contributed by atoms with E-state index < -0.39 is 11.9 Å². The number of nitrogens with one attached hydrogen (secondary N) is 1. The van der Waals surface area contributed by atoms with Crippen molar-refractivity contribution in [3.63, 3.8) is 0 Å². The number of pyridine rings is 1. The predicted octanol–water partition coefficient (Wildman–Crippen LogP) is 1.90. The molecule has 21 heavy (non-hydrogen) atoms. The zero-order chi connectivity index (χ0) is 15.8. The second kappa shape index (κ2) is 8.24. The van der Waals surface area contributed by atoms with Gasteiger partial charge < -0.3 is 15.3 Å². The maximum Gasteiger partial charge on any atom is 0.317 e. The number of aryl methyl sites for hydroxylation is 1. The third-order valence-electron chi connectivity index (χ3n) is 3.36. The highest BCUT2D eigenvalue weighted by atomic mass is 16.4. The first kappa shape index (κ1) is 16.9. The zero-order valence-corrected chi connectivity index (χ0v) is 12.8. The monoisotopic (exact) mass is 293 g/mol. The number of hydrogen-bond acceptors (Lipinski definition) is 3. The summed E-state index contributed by atoms with van der Waals surface area (Å²) in [6, 6.07) is 3.59. The highest BCUT2D eigenvalue weighted by Crippen LogP contribution is 2.06. The highest BCUT2D eigenvalue weighted by molar-refractivity contribution is 5.75. The number of amides is 2. The number of nitrogens with zero attached hydrogens (tertiary/aromatic N) is 2. The van der Waals surface area contributed by atoms with Gasteiger partial charge in [0.05, 0.1) is 18.2 Å². The van der Waals surface area contributed by atoms with Crippen LogP contribution in [0.5, 0.6) is 0 Å². The van der Waals surface area contributed by atoms with Gasteiger partial charge in [0.15, 0.2) is 0 Å². The summed E-state index contributed by atoms with van der Waals surface area (Å²) in [6.07, 6.45) is 2.55. The molecule has 6 heteroatoms. The average Bonchev–Trinajstić information content (AvgIpc) is 2.49. The van der Waals surface area contributed by atoms with Crippen molar-refractivity contribution in [1.29, 1.82) is 0 Å². The van der Waals surface area contributed by atoms with Gasteiger partial charge in [-0.2, -0.15) is 0 Å². The Morgan fingerprint density at radius 1 is 1.43 bits per heavy atom. The lowest BCUT2D eigenvalue weighted by Gasteiger charge is -2.23. The number of aliphatic carboxylic acids is 1. The molecular formula is C15H23N3O3. The van der Waals surface area contributed by atoms with Crippen LogP contribution in [0, 0.1) is 5.92 Å². The van der Waals surface area contributed by atoms with Crippen LogP contribution in [-0.4, -0.2) is 40.1 Å². The minimum Gasteiger partial charge on any atom is -0.481 e. The van der Waals surface area contributed by atoms with Crippen LogP contribution >= 0.6 is 0 Å². The summed E-state index contributed by atoms with van der Waals surface area (Å²) < 4.78 is 0. The van der Waals surface area contributed by atoms with E-state index in [9.17, 15) is 9.59 Å². The van der Waals surface area contributed by atoms with Crippen LogP contribution < -0.4 is 5.32 Å². The maximum atomic E-state index is 12.1. The van der Waals surface area contributed by atoms with E-state index in [2.05, 4.69) is 10.3 Å². The molecule has 0 aliphatic heterocycles. The van der Waals surface area contributed by atoms with Gasteiger partial charge in [-0.1, -0.05) is 19.9 Å². The molecular weight excluding hydrogens is 270 g/mol. The fourth-order valence-electron chi connectivity index (χ4n) is 1.99. The number of urea groups is 1. The normalized spacial score (nSPS) is 11.8. The molecule has 2 N–H and O–H groups in total. The Hall–Kier alpha value is -2.11. The number of rotatable bonds is 7. The first-order chi connectivity index (χ1) is 9.99. The SMILES string of the molecule is CCc1cccnc1CNC(=O)N(CC)CC(C)C(=O)O. The van der Waals surface area contributed by atoms with Crippen molar-refractivity contribution in [3.8, 4) is 0 Å². The molecule has 1 unspecified atom stereocenters. The molecule has 0 saturated heterocycles. The van der Waals surface area contributed by atoms with Crippen LogP contribution in [0.1, 0.15) is 32.0 Å². The number of aromatic nitrogens is 1. The smallest absolute Gasteiger partial charge is 0.317 e. The topological polar surface area (TPSA) is 82.5 Å². The lowest BCUT2D eigenvalue weighted by atomic mass is 10.1. The molecule has 1 heterocycles. The fraction of sp³-hybridized carbons (Fsp3) is 0.533. The van der Waals surface area contributed by atoms with E-state index in [1.165, 1.54) is 4.90 Å². The molecule has 1 atom stereocenters. The van der Waals surface area contributed by atoms with E-state index in [4.69, 9.17) is 5.11 Å². The number of carbonyl (C=O) groups is 2. The molecule has 116 valence electrons. The molecule has 0 aromatic carbocycles. The van der Waals surface area contributed by atoms with E-state index in [1.54, 1.807) is 13.1 Å². The Balaban J connectivity index is 2.60. The van der Waals surface area contributed by atoms with Gasteiger partial charge >= 0.3 is 12.0 Å². The summed E-state index contributed by atoms with van der Waals surface area (Å²) in [5.74, 6) is -1.49. The highest BCUT2D eigenvalue weighted by Gasteiger charge is 2.19. The first-order valence-electron chi connectivity index (χ1n) is 7.17. The molecule has 6 nitrogen and oxygen atoms in total. The molecule has 1 rings (SSSR count). The van der Waals surface area contributed by atoms with Crippen molar-refractivity contribution < 1.29 is 14.7 Å². The van der Waals surface area contributed by atoms with Crippen molar-refractivity contribution in [2.45, 2.75) is 33.7 Å². The van der Waals surface area contributed by atoms with Gasteiger partial charge in [-0.05, 0) is 25.0 Å². The van der Waals surface area contributed by atoms with E-state index in [-0.39, 0.29) is 12.6 Å². The first-order valence-corrected chi connectivity index (χ1v) is 7.17. The second-order valence-corrected chi connectivity index (χ2v) is 4.90. The second-order valence-electron chi connectivity index (χ2n) is 4.90. The average molecular weight is 293 g/mol. The maximum absolute atomic E-state index is 12.1. The van der Waals surface area contributed by atoms with Crippen LogP contribution in [0.3, 0.4) is 0 Å². The van der Waals surface area contributed by atoms with Crippen LogP contribution in [0.4, 0.5) is 4.79 Å². The quantitative estimate of drug-likeness (QED) is 0.804. The van der Waals surface area contributed by atoms with E-state index in [0.29, 0.717) is 13.1 Å². The van der Waals surface area contributed by atoms with Gasteiger partial charge in [-0.25, -0.2) is 4.79 Å². The molecule has 0 saturated carbocycles. The summed E-state index contributed by atoms with van der Waals surface area (Å²) in [4.78, 5) is 28.7. The van der Waals surface area contributed by atoms with E-state index in [1.807, 2.05) is 26.0 Å². The summed E-state index contributed by atoms with van der Waals surface area (Å²) in [7, 11) is 0. The predicted molar refractivity (Wildman–Crippen MR) is 79.9 cm³/mol. The van der Waals surface area contributed by atoms with Crippen molar-refractivity contribution in [2.24, 2.45) is 5.92 Å². The minimum atomic E-state index is -0.903. The van der Waals surface area contributed by atoms with Crippen molar-refractivity contribution in [2.75, 3.05) is 13.1 Å². The summed E-state index contributed by atoms with van der Waals surface area (Å²) in [5, 5.41) is 11.7. The van der Waals surface area contributed by atoms with Crippen molar-refractivity contribution in [3.05, 3.63) is 29.6 Å². The number of carbonyl (C=O) groups excluding carboxylic acids is 1. The fourth-order valence-corrected chi connectivity index (χ4v) is 1.99. The van der Waals surface area contributed by atoms with Gasteiger partial charge in [-0.3, -0.25) is 9.78 Å². The number of hydrogen-bond donors (Lipinski definition) is 2. The third-order valence-corrected chi connectivity index (χ3v) is 3.36. The molecule has 0 radical (unpaired) electrons. The van der Waals surface area contributed by atoms with Gasteiger partial charge in [0.1, 0.15) is 0 Å². The van der Waals surface area contributed by atoms with Crippen molar-refractivity contribution in [1.82, 2.24) is 15.2 Å². The van der Waals surface area contributed by atoms with Crippen LogP contribution in [-0.2, 0) is 17.8 Å². The number of carboxylic acid groups (broad SMARTS) is 1. The Morgan fingerprint density at radius 2 is 2.14 bits per heavy atom. The Labute approximate surface area is 125 Å². The van der Waals surface area contributed by atoms with Gasteiger partial charge in [0.25, 0.3) is 0 Å². The molecule has 1 aromatic heterocycles. The van der Waals surface area contributed by atoms with E-state index >= 15 is 0 Å². The van der Waals surface area contributed by atoms with Crippen molar-refractivity contribution >= 4 is 12.0 Å². The van der Waals surface area contributed by atoms with Gasteiger partial charge in [0, 0.05) is 19.3 Å². The van der Waals surface area contributed by atoms with Crippen LogP contribution in [0.25, 0.3) is 0 Å². The molecule has 0 spiro atoms. The van der Waals surface area contributed by atoms with Crippen LogP contribution in [0.15, 0.2) is 18.3 Å². The minimum absolute atomic E-state index is 0.195. The lowest BCUT2D eigenvalue weighted by molar-refractivity contribution is -0.141. The molecule has 0 bridgehead atoms. The van der Waals surface area contributed by atoms with Crippen LogP contribution in [0.2, 0.25) is 0 Å². The summed E-state index contributed by atoms with van der Waals surface area (Å²) in [6.45, 7) is 6.46. The summed E-state index contributed by atoms with van der Waals surface area (Å²) in [5.41, 5.74) is 1.94. The number of carboxylic acids is 1. The van der Waals surface area contributed by atoms with E-state index in [0.717, 1.165) is 17.7 Å². The molecule has 2 amide bonds. The summed E-state index contributed by atoms with van der Waals surface area (Å²) >= 11 is 0. The molecule has 1 aromatic rings. The van der Waals surface area contributed by atoms with Gasteiger partial charge in [0.2, 0.25) is 0 Å².